The fourth-order valence-corrected chi connectivity index (χ4v) is 3.51. The molecule has 1 aliphatic heterocycles. The van der Waals surface area contributed by atoms with Crippen molar-refractivity contribution < 1.29 is 8.95 Å². The van der Waals surface area contributed by atoms with Crippen molar-refractivity contribution in [2.24, 2.45) is 0 Å². The molecule has 0 saturated heterocycles. The molecule has 1 aliphatic carbocycles. The van der Waals surface area contributed by atoms with E-state index in [2.05, 4.69) is 22.0 Å². The lowest BCUT2D eigenvalue weighted by molar-refractivity contribution is 0.360. The molecular weight excluding hydrogens is 336 g/mol. The molecule has 0 aromatic heterocycles. The number of hydrogen-bond acceptors (Lipinski definition) is 2. The lowest BCUT2D eigenvalue weighted by Crippen LogP contribution is -2.06. The summed E-state index contributed by atoms with van der Waals surface area (Å²) in [6.07, 6.45) is 9.61. The Kier molecular flexibility index (Phi) is 4.03. The quantitative estimate of drug-likeness (QED) is 0.777. The lowest BCUT2D eigenvalue weighted by Gasteiger charge is -2.20. The van der Waals surface area contributed by atoms with Gasteiger partial charge in [-0.05, 0) is 36.1 Å². The van der Waals surface area contributed by atoms with Gasteiger partial charge in [0.1, 0.15) is 12.0 Å². The third-order valence-electron chi connectivity index (χ3n) is 3.18. The molecule has 4 heteroatoms. The summed E-state index contributed by atoms with van der Waals surface area (Å²) in [7, 11) is -1.17. The normalized spacial score (nSPS) is 21.6. The Morgan fingerprint density at radius 2 is 2.00 bits per heavy atom. The molecule has 0 spiro atoms. The highest BCUT2D eigenvalue weighted by atomic mass is 79.9. The number of hydrogen-bond donors (Lipinski definition) is 0. The van der Waals surface area contributed by atoms with Crippen LogP contribution < -0.4 is 0 Å². The highest BCUT2D eigenvalue weighted by Crippen LogP contribution is 2.34. The van der Waals surface area contributed by atoms with E-state index in [1.54, 1.807) is 5.41 Å². The maximum atomic E-state index is 12.4. The van der Waals surface area contributed by atoms with E-state index in [0.29, 0.717) is 0 Å². The molecule has 0 bridgehead atoms. The molecule has 20 heavy (non-hydrogen) atoms. The number of allylic oxidation sites excluding steroid dienone is 4. The molecule has 1 aromatic carbocycles. The molecule has 0 radical (unpaired) electrons. The van der Waals surface area contributed by atoms with Gasteiger partial charge >= 0.3 is 0 Å². The van der Waals surface area contributed by atoms with E-state index < -0.39 is 10.8 Å². The summed E-state index contributed by atoms with van der Waals surface area (Å²) in [4.78, 5) is 0.751. The highest BCUT2D eigenvalue weighted by molar-refractivity contribution is 9.10. The van der Waals surface area contributed by atoms with Gasteiger partial charge in [0.2, 0.25) is 0 Å². The maximum Gasteiger partial charge on any atom is 0.146 e. The zero-order valence-corrected chi connectivity index (χ0v) is 13.1. The van der Waals surface area contributed by atoms with Crippen LogP contribution in [0.3, 0.4) is 0 Å². The van der Waals surface area contributed by atoms with Crippen LogP contribution in [-0.4, -0.2) is 4.21 Å². The number of halogens is 1. The van der Waals surface area contributed by atoms with E-state index in [4.69, 9.17) is 4.74 Å². The van der Waals surface area contributed by atoms with Crippen LogP contribution in [0.1, 0.15) is 18.4 Å². The zero-order chi connectivity index (χ0) is 13.9. The van der Waals surface area contributed by atoms with Gasteiger partial charge in [0, 0.05) is 9.88 Å². The monoisotopic (exact) mass is 348 g/mol. The molecule has 0 saturated carbocycles. The van der Waals surface area contributed by atoms with Gasteiger partial charge in [0.25, 0.3) is 0 Å². The summed E-state index contributed by atoms with van der Waals surface area (Å²) in [6, 6.07) is 7.81. The van der Waals surface area contributed by atoms with Gasteiger partial charge in [-0.15, -0.1) is 0 Å². The van der Waals surface area contributed by atoms with E-state index >= 15 is 0 Å². The van der Waals surface area contributed by atoms with E-state index in [1.165, 1.54) is 6.26 Å². The molecule has 2 aliphatic rings. The first-order valence-corrected chi connectivity index (χ1v) is 8.36. The smallest absolute Gasteiger partial charge is 0.146 e. The van der Waals surface area contributed by atoms with Crippen LogP contribution in [0.2, 0.25) is 0 Å². The predicted molar refractivity (Wildman–Crippen MR) is 85.9 cm³/mol. The Balaban J connectivity index is 2.11. The minimum atomic E-state index is -1.17. The fraction of sp³-hybridized carbons (Fsp3) is 0.125. The molecule has 1 unspecified atom stereocenters. The van der Waals surface area contributed by atoms with E-state index in [1.807, 2.05) is 36.4 Å². The Morgan fingerprint density at radius 1 is 1.20 bits per heavy atom. The molecular formula is C16H13BrO2S. The van der Waals surface area contributed by atoms with Crippen molar-refractivity contribution in [3.8, 4) is 0 Å². The molecule has 3 rings (SSSR count). The van der Waals surface area contributed by atoms with E-state index in [0.717, 1.165) is 39.1 Å². The summed E-state index contributed by atoms with van der Waals surface area (Å²) in [5, 5.41) is 1.58. The minimum Gasteiger partial charge on any atom is -0.463 e. The SMILES string of the molecule is O=S1C=COC(C2=CC=CCC2)=C1c1ccc(Br)cc1. The van der Waals surface area contributed by atoms with Crippen LogP contribution >= 0.6 is 15.9 Å². The Hall–Kier alpha value is -1.39. The van der Waals surface area contributed by atoms with Crippen LogP contribution in [0.4, 0.5) is 0 Å². The molecule has 2 nitrogen and oxygen atoms in total. The zero-order valence-electron chi connectivity index (χ0n) is 10.7. The summed E-state index contributed by atoms with van der Waals surface area (Å²) in [5.74, 6) is 0.734. The van der Waals surface area contributed by atoms with Crippen molar-refractivity contribution >= 4 is 31.6 Å². The van der Waals surface area contributed by atoms with Gasteiger partial charge in [0.05, 0.1) is 15.7 Å². The number of benzene rings is 1. The largest absolute Gasteiger partial charge is 0.463 e. The summed E-state index contributed by atoms with van der Waals surface area (Å²) < 4.78 is 19.0. The van der Waals surface area contributed by atoms with Crippen molar-refractivity contribution in [1.82, 2.24) is 0 Å². The standard InChI is InChI=1S/C16H13BrO2S/c17-14-8-6-13(7-9-14)16-15(19-10-11-20(16)18)12-4-2-1-3-5-12/h1-2,4,6-11H,3,5H2. The Morgan fingerprint density at radius 3 is 2.70 bits per heavy atom. The average molecular weight is 349 g/mol. The highest BCUT2D eigenvalue weighted by Gasteiger charge is 2.22. The second-order valence-corrected chi connectivity index (χ2v) is 6.70. The van der Waals surface area contributed by atoms with Crippen LogP contribution in [0.5, 0.6) is 0 Å². The second-order valence-electron chi connectivity index (χ2n) is 4.51. The topological polar surface area (TPSA) is 26.3 Å². The molecule has 1 aromatic rings. The van der Waals surface area contributed by atoms with Gasteiger partial charge in [-0.2, -0.15) is 0 Å². The third-order valence-corrected chi connectivity index (χ3v) is 4.89. The predicted octanol–water partition coefficient (Wildman–Crippen LogP) is 4.64. The first kappa shape index (κ1) is 13.6. The second kappa shape index (κ2) is 5.94. The minimum absolute atomic E-state index is 0.734. The van der Waals surface area contributed by atoms with Gasteiger partial charge in [-0.1, -0.05) is 46.3 Å². The van der Waals surface area contributed by atoms with Crippen LogP contribution in [0, 0.1) is 0 Å². The third kappa shape index (κ3) is 2.72. The Labute approximate surface area is 129 Å². The number of rotatable bonds is 2. The molecule has 1 atom stereocenters. The maximum absolute atomic E-state index is 12.4. The average Bonchev–Trinajstić information content (AvgIpc) is 2.49. The molecule has 1 heterocycles. The first-order valence-electron chi connectivity index (χ1n) is 6.36. The molecule has 102 valence electrons. The Bertz CT molecular complexity index is 666. The van der Waals surface area contributed by atoms with E-state index in [9.17, 15) is 4.21 Å². The van der Waals surface area contributed by atoms with Gasteiger partial charge in [-0.3, -0.25) is 0 Å². The van der Waals surface area contributed by atoms with Crippen LogP contribution in [0.25, 0.3) is 4.91 Å². The fourth-order valence-electron chi connectivity index (χ4n) is 2.22. The summed E-state index contributed by atoms with van der Waals surface area (Å²) in [6.45, 7) is 0. The molecule has 0 amide bonds. The van der Waals surface area contributed by atoms with Crippen molar-refractivity contribution in [2.45, 2.75) is 12.8 Å². The summed E-state index contributed by atoms with van der Waals surface area (Å²) >= 11 is 3.42. The first-order chi connectivity index (χ1) is 9.75. The van der Waals surface area contributed by atoms with E-state index in [-0.39, 0.29) is 0 Å². The molecule has 0 N–H and O–H groups in total. The van der Waals surface area contributed by atoms with Crippen molar-refractivity contribution in [2.75, 3.05) is 0 Å². The lowest BCUT2D eigenvalue weighted by atomic mass is 10.0. The van der Waals surface area contributed by atoms with Crippen molar-refractivity contribution in [3.05, 3.63) is 75.5 Å². The van der Waals surface area contributed by atoms with Crippen LogP contribution in [-0.2, 0) is 15.5 Å². The van der Waals surface area contributed by atoms with Crippen LogP contribution in [0.15, 0.2) is 70.0 Å². The van der Waals surface area contributed by atoms with Crippen molar-refractivity contribution in [1.29, 1.82) is 0 Å². The van der Waals surface area contributed by atoms with Gasteiger partial charge in [-0.25, -0.2) is 4.21 Å². The molecule has 0 fully saturated rings. The van der Waals surface area contributed by atoms with Crippen molar-refractivity contribution in [3.63, 3.8) is 0 Å². The van der Waals surface area contributed by atoms with Gasteiger partial charge in [0.15, 0.2) is 0 Å². The summed E-state index contributed by atoms with van der Waals surface area (Å²) in [5.41, 5.74) is 2.03. The number of ether oxygens (including phenoxy) is 1. The van der Waals surface area contributed by atoms with Gasteiger partial charge < -0.3 is 4.74 Å².